The van der Waals surface area contributed by atoms with Crippen LogP contribution in [0.1, 0.15) is 196 Å². The average Bonchev–Trinajstić information content (AvgIpc) is 3.25. The third-order valence-electron chi connectivity index (χ3n) is 11.3. The summed E-state index contributed by atoms with van der Waals surface area (Å²) >= 11 is 0. The molecular formula is C50H90N2O14. The van der Waals surface area contributed by atoms with Gasteiger partial charge in [-0.1, -0.05) is 111 Å². The number of nitrogens with one attached hydrogen (secondary N) is 2. The van der Waals surface area contributed by atoms with Crippen LogP contribution < -0.4 is 10.6 Å². The molecule has 1 unspecified atom stereocenters. The van der Waals surface area contributed by atoms with E-state index < -0.39 is 23.4 Å². The fraction of sp³-hybridized carbons (Fsp3) is 0.840. The number of hydrogen-bond donors (Lipinski definition) is 4. The lowest BCUT2D eigenvalue weighted by Gasteiger charge is -2.20. The molecule has 0 aliphatic rings. The van der Waals surface area contributed by atoms with E-state index in [1.807, 2.05) is 20.8 Å². The fourth-order valence-electron chi connectivity index (χ4n) is 7.05. The molecule has 0 bridgehead atoms. The predicted molar refractivity (Wildman–Crippen MR) is 254 cm³/mol. The lowest BCUT2D eigenvalue weighted by molar-refractivity contribution is -0.142. The van der Waals surface area contributed by atoms with Crippen LogP contribution in [0.15, 0.2) is 0 Å². The van der Waals surface area contributed by atoms with E-state index in [1.54, 1.807) is 0 Å². The Morgan fingerprint density at radius 3 is 1.53 bits per heavy atom. The summed E-state index contributed by atoms with van der Waals surface area (Å²) in [7, 11) is 0. The second-order valence-electron chi connectivity index (χ2n) is 18.5. The molecule has 16 nitrogen and oxygen atoms in total. The first-order chi connectivity index (χ1) is 31.5. The van der Waals surface area contributed by atoms with Crippen molar-refractivity contribution < 1.29 is 68.9 Å². The zero-order valence-corrected chi connectivity index (χ0v) is 41.2. The number of carboxylic acids is 2. The van der Waals surface area contributed by atoms with Crippen LogP contribution in [0.25, 0.3) is 0 Å². The fourth-order valence-corrected chi connectivity index (χ4v) is 7.05. The van der Waals surface area contributed by atoms with Crippen LogP contribution in [0, 0.1) is 11.3 Å². The number of ketones is 4. The number of hydrogen-bond acceptors (Lipinski definition) is 12. The molecule has 66 heavy (non-hydrogen) atoms. The third kappa shape index (κ3) is 40.7. The molecule has 0 spiro atoms. The van der Waals surface area contributed by atoms with Gasteiger partial charge in [-0.3, -0.25) is 33.6 Å². The molecule has 0 fully saturated rings. The van der Waals surface area contributed by atoms with Gasteiger partial charge in [0.05, 0.1) is 33.0 Å². The van der Waals surface area contributed by atoms with Crippen LogP contribution in [0.5, 0.6) is 0 Å². The molecule has 0 aromatic carbocycles. The van der Waals surface area contributed by atoms with Gasteiger partial charge in [-0.2, -0.15) is 0 Å². The van der Waals surface area contributed by atoms with Gasteiger partial charge < -0.3 is 39.8 Å². The van der Waals surface area contributed by atoms with Gasteiger partial charge in [0.15, 0.2) is 5.78 Å². The first-order valence-electron chi connectivity index (χ1n) is 24.9. The number of carboxylic acid groups (broad SMARTS) is 2. The molecule has 0 rings (SSSR count). The number of unbranched alkanes of at least 4 members (excludes halogenated alkanes) is 15. The molecule has 384 valence electrons. The van der Waals surface area contributed by atoms with E-state index in [2.05, 4.69) is 10.6 Å². The summed E-state index contributed by atoms with van der Waals surface area (Å²) in [6.45, 7) is 8.77. The van der Waals surface area contributed by atoms with Crippen LogP contribution >= 0.6 is 0 Å². The van der Waals surface area contributed by atoms with Gasteiger partial charge in [0.25, 0.3) is 0 Å². The molecule has 0 aliphatic heterocycles. The number of amides is 2. The van der Waals surface area contributed by atoms with Gasteiger partial charge in [-0.05, 0) is 45.4 Å². The molecule has 0 saturated heterocycles. The van der Waals surface area contributed by atoms with Gasteiger partial charge in [-0.15, -0.1) is 0 Å². The third-order valence-corrected chi connectivity index (χ3v) is 11.3. The Balaban J connectivity index is 0. The molecule has 0 saturated carbocycles. The number of aliphatic carboxylic acids is 2. The SMILES string of the molecule is CC(=O)[C@H](CCCCCC(=O)COCCOCCNC(=O)COCCOCCCC(=O)CCC(NC(=O)CCCCCCCCCCCCCCCCC(=O)O)C(=O)O)CC(=O)C(C)(C)C.[HH]. The van der Waals surface area contributed by atoms with E-state index >= 15 is 0 Å². The van der Waals surface area contributed by atoms with E-state index in [0.717, 1.165) is 51.4 Å². The lowest BCUT2D eigenvalue weighted by Crippen LogP contribution is -2.41. The minimum atomic E-state index is -1.16. The van der Waals surface area contributed by atoms with Crippen molar-refractivity contribution in [1.29, 1.82) is 0 Å². The van der Waals surface area contributed by atoms with E-state index in [0.29, 0.717) is 38.7 Å². The molecule has 2 amide bonds. The normalized spacial score (nSPS) is 12.4. The number of ether oxygens (including phenoxy) is 4. The van der Waals surface area contributed by atoms with E-state index in [-0.39, 0.29) is 134 Å². The first-order valence-corrected chi connectivity index (χ1v) is 24.9. The summed E-state index contributed by atoms with van der Waals surface area (Å²) in [5.74, 6) is -2.75. The highest BCUT2D eigenvalue weighted by Gasteiger charge is 2.26. The Morgan fingerprint density at radius 1 is 0.500 bits per heavy atom. The highest BCUT2D eigenvalue weighted by atomic mass is 16.5. The van der Waals surface area contributed by atoms with Gasteiger partial charge >= 0.3 is 11.9 Å². The zero-order chi connectivity index (χ0) is 49.3. The molecule has 16 heteroatoms. The second-order valence-corrected chi connectivity index (χ2v) is 18.5. The first kappa shape index (κ1) is 62.4. The van der Waals surface area contributed by atoms with Crippen molar-refractivity contribution in [3.8, 4) is 0 Å². The van der Waals surface area contributed by atoms with Crippen molar-refractivity contribution >= 4 is 46.9 Å². The highest BCUT2D eigenvalue weighted by Crippen LogP contribution is 2.24. The van der Waals surface area contributed by atoms with Crippen molar-refractivity contribution in [2.45, 2.75) is 201 Å². The monoisotopic (exact) mass is 943 g/mol. The van der Waals surface area contributed by atoms with Crippen LogP contribution in [0.2, 0.25) is 0 Å². The van der Waals surface area contributed by atoms with Gasteiger partial charge in [0.2, 0.25) is 11.8 Å². The molecule has 0 heterocycles. The zero-order valence-electron chi connectivity index (χ0n) is 41.2. The Labute approximate surface area is 397 Å². The quantitative estimate of drug-likeness (QED) is 0.0421. The summed E-state index contributed by atoms with van der Waals surface area (Å²) in [6, 6.07) is -1.10. The Morgan fingerprint density at radius 2 is 0.985 bits per heavy atom. The van der Waals surface area contributed by atoms with E-state index in [4.69, 9.17) is 24.1 Å². The van der Waals surface area contributed by atoms with Crippen molar-refractivity contribution in [1.82, 2.24) is 10.6 Å². The van der Waals surface area contributed by atoms with Crippen LogP contribution in [-0.2, 0) is 57.3 Å². The second kappa shape index (κ2) is 41.6. The molecule has 0 aromatic heterocycles. The summed E-state index contributed by atoms with van der Waals surface area (Å²) in [6.07, 6.45) is 20.0. The van der Waals surface area contributed by atoms with E-state index in [9.17, 15) is 43.5 Å². The van der Waals surface area contributed by atoms with Crippen LogP contribution in [-0.4, -0.2) is 123 Å². The highest BCUT2D eigenvalue weighted by molar-refractivity contribution is 5.89. The minimum Gasteiger partial charge on any atom is -0.481 e. The standard InChI is InChI=1S/C50H88N2O14.H2/c1-40(53)41(37-45(56)50(2,3)4)23-18-17-19-24-43(55)38-65-35-34-64-32-30-51-47(58)39-66-36-33-63-31-22-25-42(54)28-29-44(49(61)62)52-46(57)26-20-15-13-11-9-7-5-6-8-10-12-14-16-21-27-48(59)60;/h41,44H,5-39H2,1-4H3,(H,51,58)(H,52,57)(H,59,60)(H,61,62);1H/t41-,44?;/m1./s1. The molecule has 0 radical (unpaired) electrons. The Kier molecular flexibility index (Phi) is 39.3. The molecule has 0 aromatic rings. The van der Waals surface area contributed by atoms with Crippen LogP contribution in [0.3, 0.4) is 0 Å². The number of carbonyl (C=O) groups excluding carboxylic acids is 6. The molecule has 2 atom stereocenters. The maximum atomic E-state index is 12.4. The molecule has 4 N–H and O–H groups in total. The van der Waals surface area contributed by atoms with Crippen molar-refractivity contribution in [3.63, 3.8) is 0 Å². The topological polar surface area (TPSA) is 238 Å². The largest absolute Gasteiger partial charge is 0.481 e. The molecular weight excluding hydrogens is 853 g/mol. The summed E-state index contributed by atoms with van der Waals surface area (Å²) < 4.78 is 21.6. The number of Topliss-reactive ketones (excluding diaryl/α,β-unsaturated/α-hetero) is 4. The van der Waals surface area contributed by atoms with Crippen molar-refractivity contribution in [2.24, 2.45) is 11.3 Å². The van der Waals surface area contributed by atoms with Crippen molar-refractivity contribution in [3.05, 3.63) is 0 Å². The van der Waals surface area contributed by atoms with Gasteiger partial charge in [-0.25, -0.2) is 4.79 Å². The predicted octanol–water partition coefficient (Wildman–Crippen LogP) is 8.17. The average molecular weight is 943 g/mol. The van der Waals surface area contributed by atoms with Crippen LogP contribution in [0.4, 0.5) is 0 Å². The summed E-state index contributed by atoms with van der Waals surface area (Å²) in [4.78, 5) is 95.3. The smallest absolute Gasteiger partial charge is 0.326 e. The van der Waals surface area contributed by atoms with E-state index in [1.165, 1.54) is 51.9 Å². The minimum absolute atomic E-state index is 0. The Bertz CT molecular complexity index is 1370. The maximum Gasteiger partial charge on any atom is 0.326 e. The maximum absolute atomic E-state index is 12.4. The summed E-state index contributed by atoms with van der Waals surface area (Å²) in [5, 5.41) is 23.5. The lowest BCUT2D eigenvalue weighted by atomic mass is 9.82. The van der Waals surface area contributed by atoms with Gasteiger partial charge in [0, 0.05) is 64.4 Å². The van der Waals surface area contributed by atoms with Crippen molar-refractivity contribution in [2.75, 3.05) is 59.4 Å². The number of rotatable bonds is 48. The Hall–Kier alpha value is -3.60. The number of carbonyl (C=O) groups is 8. The van der Waals surface area contributed by atoms with Gasteiger partial charge in [0.1, 0.15) is 36.6 Å². The molecule has 0 aliphatic carbocycles. The summed E-state index contributed by atoms with van der Waals surface area (Å²) in [5.41, 5.74) is -0.461.